The first kappa shape index (κ1) is 25.1. The van der Waals surface area contributed by atoms with Gasteiger partial charge < -0.3 is 9.47 Å². The van der Waals surface area contributed by atoms with Crippen LogP contribution in [-0.2, 0) is 0 Å². The van der Waals surface area contributed by atoms with Gasteiger partial charge in [-0.15, -0.1) is 5.11 Å². The Morgan fingerprint density at radius 3 is 2.09 bits per heavy atom. The number of carbonyl (C=O) groups excluding carboxylic acids is 1. The summed E-state index contributed by atoms with van der Waals surface area (Å²) in [5, 5.41) is 8.27. The quantitative estimate of drug-likeness (QED) is 0.105. The lowest BCUT2D eigenvalue weighted by atomic mass is 10.1. The van der Waals surface area contributed by atoms with Crippen molar-refractivity contribution >= 4 is 17.3 Å². The van der Waals surface area contributed by atoms with Gasteiger partial charge in [-0.1, -0.05) is 51.9 Å². The van der Waals surface area contributed by atoms with Crippen LogP contribution in [0.2, 0.25) is 0 Å². The first-order valence-electron chi connectivity index (χ1n) is 12.1. The average molecular weight is 460 g/mol. The van der Waals surface area contributed by atoms with Gasteiger partial charge in [0.2, 0.25) is 0 Å². The van der Waals surface area contributed by atoms with Gasteiger partial charge in [-0.05, 0) is 67.1 Å². The number of hydrogen-bond acceptors (Lipinski definition) is 6. The molecule has 0 bridgehead atoms. The van der Waals surface area contributed by atoms with Crippen molar-refractivity contribution in [1.29, 1.82) is 0 Å². The summed E-state index contributed by atoms with van der Waals surface area (Å²) in [4.78, 5) is 16.4. The molecule has 34 heavy (non-hydrogen) atoms. The molecule has 0 aliphatic heterocycles. The molecule has 0 radical (unpaired) electrons. The molecule has 6 nitrogen and oxygen atoms in total. The number of pyridine rings is 1. The second-order valence-corrected chi connectivity index (χ2v) is 8.14. The minimum atomic E-state index is -0.417. The smallest absolute Gasteiger partial charge is 0.343 e. The third-order valence-electron chi connectivity index (χ3n) is 5.33. The molecule has 1 heterocycles. The maximum absolute atomic E-state index is 12.4. The number of azo groups is 1. The van der Waals surface area contributed by atoms with Gasteiger partial charge in [0.05, 0.1) is 24.1 Å². The zero-order chi connectivity index (χ0) is 23.8. The summed E-state index contributed by atoms with van der Waals surface area (Å²) >= 11 is 0. The number of aromatic nitrogens is 1. The Balaban J connectivity index is 1.37. The van der Waals surface area contributed by atoms with Crippen LogP contribution in [0.4, 0.5) is 11.4 Å². The first-order valence-corrected chi connectivity index (χ1v) is 12.1. The summed E-state index contributed by atoms with van der Waals surface area (Å²) in [5.74, 6) is 0.794. The Kier molecular flexibility index (Phi) is 10.8. The molecule has 178 valence electrons. The standard InChI is InChI=1S/C28H33N3O3/c1-2-3-4-5-6-7-8-9-21-33-26-16-12-23(13-17-26)28(32)34-27-18-14-24(15-19-27)30-31-25-11-10-20-29-22-25/h10-20,22H,2-9,21H2,1H3. The van der Waals surface area contributed by atoms with Gasteiger partial charge in [-0.2, -0.15) is 5.11 Å². The number of ether oxygens (including phenoxy) is 2. The average Bonchev–Trinajstić information content (AvgIpc) is 2.88. The zero-order valence-electron chi connectivity index (χ0n) is 19.9. The fraction of sp³-hybridized carbons (Fsp3) is 0.357. The van der Waals surface area contributed by atoms with E-state index >= 15 is 0 Å². The Morgan fingerprint density at radius 1 is 0.765 bits per heavy atom. The van der Waals surface area contributed by atoms with Gasteiger partial charge >= 0.3 is 5.97 Å². The molecule has 0 unspecified atom stereocenters. The molecule has 0 amide bonds. The highest BCUT2D eigenvalue weighted by Gasteiger charge is 2.09. The van der Waals surface area contributed by atoms with E-state index in [1.165, 1.54) is 44.9 Å². The van der Waals surface area contributed by atoms with E-state index in [4.69, 9.17) is 9.47 Å². The molecule has 3 aromatic rings. The van der Waals surface area contributed by atoms with Crippen LogP contribution in [-0.4, -0.2) is 17.6 Å². The highest BCUT2D eigenvalue weighted by Crippen LogP contribution is 2.22. The van der Waals surface area contributed by atoms with Crippen LogP contribution in [0, 0.1) is 0 Å². The number of nitrogens with zero attached hydrogens (tertiary/aromatic N) is 3. The summed E-state index contributed by atoms with van der Waals surface area (Å²) in [7, 11) is 0. The van der Waals surface area contributed by atoms with Gasteiger partial charge in [-0.25, -0.2) is 4.79 Å². The molecule has 1 aromatic heterocycles. The first-order chi connectivity index (χ1) is 16.7. The molecule has 0 N–H and O–H groups in total. The van der Waals surface area contributed by atoms with E-state index in [0.29, 0.717) is 29.3 Å². The van der Waals surface area contributed by atoms with Gasteiger partial charge in [0.15, 0.2) is 0 Å². The van der Waals surface area contributed by atoms with Gasteiger partial charge in [0, 0.05) is 6.20 Å². The molecule has 0 aliphatic rings. The Hall–Kier alpha value is -3.54. The van der Waals surface area contributed by atoms with Crippen LogP contribution in [0.1, 0.15) is 68.6 Å². The minimum absolute atomic E-state index is 0.417. The van der Waals surface area contributed by atoms with Crippen LogP contribution in [0.3, 0.4) is 0 Å². The Labute approximate surface area is 202 Å². The molecule has 0 saturated carbocycles. The summed E-state index contributed by atoms with van der Waals surface area (Å²) in [5.41, 5.74) is 1.80. The maximum atomic E-state index is 12.4. The zero-order valence-corrected chi connectivity index (χ0v) is 19.9. The molecule has 0 fully saturated rings. The molecule has 0 spiro atoms. The van der Waals surface area contributed by atoms with Gasteiger partial charge in [0.25, 0.3) is 0 Å². The second-order valence-electron chi connectivity index (χ2n) is 8.14. The number of carbonyl (C=O) groups is 1. The van der Waals surface area contributed by atoms with Crippen LogP contribution in [0.5, 0.6) is 11.5 Å². The van der Waals surface area contributed by atoms with Crippen molar-refractivity contribution in [2.45, 2.75) is 58.3 Å². The van der Waals surface area contributed by atoms with E-state index in [-0.39, 0.29) is 0 Å². The molecular weight excluding hydrogens is 426 g/mol. The molecule has 2 aromatic carbocycles. The van der Waals surface area contributed by atoms with Crippen molar-refractivity contribution in [2.24, 2.45) is 10.2 Å². The number of unbranched alkanes of at least 4 members (excludes halogenated alkanes) is 7. The van der Waals surface area contributed by atoms with E-state index in [1.807, 2.05) is 18.2 Å². The monoisotopic (exact) mass is 459 g/mol. The molecular formula is C28H33N3O3. The number of benzene rings is 2. The van der Waals surface area contributed by atoms with Gasteiger partial charge in [0.1, 0.15) is 17.2 Å². The third-order valence-corrected chi connectivity index (χ3v) is 5.33. The number of rotatable bonds is 14. The topological polar surface area (TPSA) is 73.1 Å². The third kappa shape index (κ3) is 9.14. The van der Waals surface area contributed by atoms with Crippen LogP contribution < -0.4 is 9.47 Å². The van der Waals surface area contributed by atoms with Crippen molar-refractivity contribution in [3.63, 3.8) is 0 Å². The lowest BCUT2D eigenvalue weighted by molar-refractivity contribution is 0.0734. The van der Waals surface area contributed by atoms with Crippen LogP contribution >= 0.6 is 0 Å². The predicted molar refractivity (Wildman–Crippen MR) is 134 cm³/mol. The Morgan fingerprint density at radius 2 is 1.41 bits per heavy atom. The van der Waals surface area contributed by atoms with Crippen LogP contribution in [0.15, 0.2) is 83.3 Å². The SMILES string of the molecule is CCCCCCCCCCOc1ccc(C(=O)Oc2ccc(N=Nc3cccnc3)cc2)cc1. The summed E-state index contributed by atoms with van der Waals surface area (Å²) in [6, 6.07) is 17.5. The fourth-order valence-electron chi connectivity index (χ4n) is 3.39. The summed E-state index contributed by atoms with van der Waals surface area (Å²) in [6.45, 7) is 2.94. The van der Waals surface area contributed by atoms with Crippen molar-refractivity contribution in [2.75, 3.05) is 6.61 Å². The van der Waals surface area contributed by atoms with E-state index in [0.717, 1.165) is 12.2 Å². The molecule has 0 atom stereocenters. The van der Waals surface area contributed by atoms with Crippen LogP contribution in [0.25, 0.3) is 0 Å². The normalized spacial score (nSPS) is 11.0. The largest absolute Gasteiger partial charge is 0.494 e. The Bertz CT molecular complexity index is 1000. The second kappa shape index (κ2) is 14.6. The predicted octanol–water partition coefficient (Wildman–Crippen LogP) is 8.24. The highest BCUT2D eigenvalue weighted by molar-refractivity contribution is 5.91. The van der Waals surface area contributed by atoms with E-state index in [2.05, 4.69) is 22.1 Å². The summed E-state index contributed by atoms with van der Waals surface area (Å²) in [6.07, 6.45) is 13.5. The molecule has 3 rings (SSSR count). The van der Waals surface area contributed by atoms with Crippen molar-refractivity contribution in [3.05, 3.63) is 78.6 Å². The fourth-order valence-corrected chi connectivity index (χ4v) is 3.39. The lowest BCUT2D eigenvalue weighted by Crippen LogP contribution is -2.08. The van der Waals surface area contributed by atoms with Crippen molar-refractivity contribution < 1.29 is 14.3 Å². The van der Waals surface area contributed by atoms with E-state index in [1.54, 1.807) is 54.9 Å². The van der Waals surface area contributed by atoms with E-state index < -0.39 is 5.97 Å². The minimum Gasteiger partial charge on any atom is -0.494 e. The lowest BCUT2D eigenvalue weighted by Gasteiger charge is -2.08. The summed E-state index contributed by atoms with van der Waals surface area (Å²) < 4.78 is 11.3. The van der Waals surface area contributed by atoms with Crippen molar-refractivity contribution in [1.82, 2.24) is 4.98 Å². The highest BCUT2D eigenvalue weighted by atomic mass is 16.5. The van der Waals surface area contributed by atoms with Crippen molar-refractivity contribution in [3.8, 4) is 11.5 Å². The number of esters is 1. The van der Waals surface area contributed by atoms with E-state index in [9.17, 15) is 4.79 Å². The molecule has 0 saturated heterocycles. The molecule has 0 aliphatic carbocycles. The molecule has 6 heteroatoms. The van der Waals surface area contributed by atoms with Gasteiger partial charge in [-0.3, -0.25) is 4.98 Å². The maximum Gasteiger partial charge on any atom is 0.343 e. The number of hydrogen-bond donors (Lipinski definition) is 0.